The highest BCUT2D eigenvalue weighted by Crippen LogP contribution is 2.31. The molecule has 1 aliphatic heterocycles. The second-order valence-electron chi connectivity index (χ2n) is 7.51. The number of nitrogens with one attached hydrogen (secondary N) is 1. The van der Waals surface area contributed by atoms with Crippen LogP contribution in [0.2, 0.25) is 5.02 Å². The number of carbonyl (C=O) groups excluding carboxylic acids is 1. The summed E-state index contributed by atoms with van der Waals surface area (Å²) in [6.45, 7) is 0.493. The zero-order valence-electron chi connectivity index (χ0n) is 17.0. The third-order valence-electron chi connectivity index (χ3n) is 5.56. The van der Waals surface area contributed by atoms with Gasteiger partial charge in [-0.05, 0) is 42.5 Å². The molecule has 1 atom stereocenters. The van der Waals surface area contributed by atoms with Crippen LogP contribution in [0.5, 0.6) is 5.75 Å². The van der Waals surface area contributed by atoms with E-state index in [4.69, 9.17) is 16.3 Å². The Bertz CT molecular complexity index is 1220. The minimum Gasteiger partial charge on any atom is -0.495 e. The van der Waals surface area contributed by atoms with Gasteiger partial charge >= 0.3 is 0 Å². The van der Waals surface area contributed by atoms with Crippen LogP contribution in [0.3, 0.4) is 0 Å². The Kier molecular flexibility index (Phi) is 6.18. The Morgan fingerprint density at radius 1 is 1.13 bits per heavy atom. The summed E-state index contributed by atoms with van der Waals surface area (Å²) >= 11 is 6.12. The van der Waals surface area contributed by atoms with Gasteiger partial charge in [-0.25, -0.2) is 8.42 Å². The van der Waals surface area contributed by atoms with Crippen molar-refractivity contribution in [3.63, 3.8) is 0 Å². The second-order valence-corrected chi connectivity index (χ2v) is 9.86. The lowest BCUT2D eigenvalue weighted by Gasteiger charge is -2.31. The fraction of sp³-hybridized carbons (Fsp3) is 0.261. The van der Waals surface area contributed by atoms with E-state index in [0.29, 0.717) is 25.1 Å². The van der Waals surface area contributed by atoms with Gasteiger partial charge in [-0.3, -0.25) is 4.79 Å². The number of fused-ring (bicyclic) bond motifs is 1. The van der Waals surface area contributed by atoms with Crippen LogP contribution >= 0.6 is 11.6 Å². The number of carbonyl (C=O) groups is 1. The summed E-state index contributed by atoms with van der Waals surface area (Å²) in [7, 11) is -2.30. The summed E-state index contributed by atoms with van der Waals surface area (Å²) in [5, 5.41) is 5.20. The van der Waals surface area contributed by atoms with Crippen LogP contribution in [0.25, 0.3) is 10.8 Å². The summed E-state index contributed by atoms with van der Waals surface area (Å²) in [5.41, 5.74) is 0.727. The van der Waals surface area contributed by atoms with E-state index >= 15 is 0 Å². The first kappa shape index (κ1) is 21.6. The normalized spacial score (nSPS) is 17.4. The van der Waals surface area contributed by atoms with Gasteiger partial charge in [0.25, 0.3) is 0 Å². The molecule has 1 fully saturated rings. The van der Waals surface area contributed by atoms with Crippen molar-refractivity contribution >= 4 is 44.0 Å². The topological polar surface area (TPSA) is 75.7 Å². The van der Waals surface area contributed by atoms with E-state index in [9.17, 15) is 13.2 Å². The first-order valence-electron chi connectivity index (χ1n) is 10.0. The van der Waals surface area contributed by atoms with Crippen LogP contribution in [0.15, 0.2) is 65.6 Å². The zero-order valence-corrected chi connectivity index (χ0v) is 18.6. The number of piperidine rings is 1. The van der Waals surface area contributed by atoms with E-state index in [-0.39, 0.29) is 22.4 Å². The number of hydrogen-bond acceptors (Lipinski definition) is 4. The van der Waals surface area contributed by atoms with Crippen LogP contribution in [-0.4, -0.2) is 38.8 Å². The molecule has 1 heterocycles. The lowest BCUT2D eigenvalue weighted by molar-refractivity contribution is -0.120. The number of sulfonamides is 1. The highest BCUT2D eigenvalue weighted by atomic mass is 35.5. The van der Waals surface area contributed by atoms with Crippen LogP contribution in [0.4, 0.5) is 5.69 Å². The average molecular weight is 459 g/mol. The Morgan fingerprint density at radius 3 is 2.68 bits per heavy atom. The van der Waals surface area contributed by atoms with Crippen LogP contribution < -0.4 is 10.1 Å². The molecule has 1 N–H and O–H groups in total. The summed E-state index contributed by atoms with van der Waals surface area (Å²) in [6.07, 6.45) is 1.24. The monoisotopic (exact) mass is 458 g/mol. The Labute approximate surface area is 186 Å². The third-order valence-corrected chi connectivity index (χ3v) is 7.72. The van der Waals surface area contributed by atoms with Crippen molar-refractivity contribution in [2.75, 3.05) is 25.5 Å². The summed E-state index contributed by atoms with van der Waals surface area (Å²) in [6, 6.07) is 17.9. The van der Waals surface area contributed by atoms with E-state index < -0.39 is 15.9 Å². The molecule has 162 valence electrons. The van der Waals surface area contributed by atoms with Crippen molar-refractivity contribution in [3.8, 4) is 5.75 Å². The molecule has 0 saturated carbocycles. The van der Waals surface area contributed by atoms with E-state index in [1.54, 1.807) is 0 Å². The van der Waals surface area contributed by atoms with Crippen molar-refractivity contribution in [2.45, 2.75) is 17.7 Å². The molecule has 8 heteroatoms. The fourth-order valence-electron chi connectivity index (χ4n) is 3.90. The minimum atomic E-state index is -3.77. The van der Waals surface area contributed by atoms with Gasteiger partial charge in [0.2, 0.25) is 15.9 Å². The summed E-state index contributed by atoms with van der Waals surface area (Å²) in [4.78, 5) is 13.1. The van der Waals surface area contributed by atoms with E-state index in [2.05, 4.69) is 5.32 Å². The predicted molar refractivity (Wildman–Crippen MR) is 122 cm³/mol. The maximum Gasteiger partial charge on any atom is 0.243 e. The van der Waals surface area contributed by atoms with Gasteiger partial charge in [0.1, 0.15) is 5.75 Å². The quantitative estimate of drug-likeness (QED) is 0.609. The van der Waals surface area contributed by atoms with Gasteiger partial charge in [-0.1, -0.05) is 48.0 Å². The molecule has 1 saturated heterocycles. The Morgan fingerprint density at radius 2 is 1.90 bits per heavy atom. The van der Waals surface area contributed by atoms with Crippen LogP contribution in [-0.2, 0) is 14.8 Å². The van der Waals surface area contributed by atoms with E-state index in [0.717, 1.165) is 16.5 Å². The number of nitrogens with zero attached hydrogens (tertiary/aromatic N) is 1. The number of amides is 1. The zero-order chi connectivity index (χ0) is 22.0. The van der Waals surface area contributed by atoms with E-state index in [1.807, 2.05) is 42.5 Å². The first-order chi connectivity index (χ1) is 14.9. The number of ether oxygens (including phenoxy) is 1. The number of rotatable bonds is 5. The fourth-order valence-corrected chi connectivity index (χ4v) is 5.77. The molecule has 4 rings (SSSR count). The first-order valence-corrected chi connectivity index (χ1v) is 11.8. The standard InChI is InChI=1S/C23H23ClN2O4S/c1-30-22-12-11-18(14-20(22)24)31(28,29)26-13-5-8-17(15-26)23(27)25-21-10-4-7-16-6-2-3-9-19(16)21/h2-4,6-7,9-12,14,17H,5,8,13,15H2,1H3,(H,25,27). The van der Waals surface area contributed by atoms with Crippen molar-refractivity contribution in [3.05, 3.63) is 65.7 Å². The molecule has 6 nitrogen and oxygen atoms in total. The third kappa shape index (κ3) is 4.39. The predicted octanol–water partition coefficient (Wildman–Crippen LogP) is 4.54. The molecule has 0 bridgehead atoms. The average Bonchev–Trinajstić information content (AvgIpc) is 2.79. The molecule has 1 aliphatic rings. The second kappa shape index (κ2) is 8.86. The molecule has 0 spiro atoms. The molecule has 0 aromatic heterocycles. The van der Waals surface area contributed by atoms with Crippen LogP contribution in [0, 0.1) is 5.92 Å². The number of benzene rings is 3. The van der Waals surface area contributed by atoms with Crippen molar-refractivity contribution in [1.82, 2.24) is 4.31 Å². The molecule has 3 aromatic carbocycles. The molecular formula is C23H23ClN2O4S. The van der Waals surface area contributed by atoms with Gasteiger partial charge < -0.3 is 10.1 Å². The summed E-state index contributed by atoms with van der Waals surface area (Å²) in [5.74, 6) is -0.202. The molecule has 1 amide bonds. The van der Waals surface area contributed by atoms with Gasteiger partial charge in [0.15, 0.2) is 0 Å². The number of halogens is 1. The molecule has 0 radical (unpaired) electrons. The van der Waals surface area contributed by atoms with Gasteiger partial charge in [-0.2, -0.15) is 4.31 Å². The maximum absolute atomic E-state index is 13.1. The molecule has 1 unspecified atom stereocenters. The molecule has 31 heavy (non-hydrogen) atoms. The number of methoxy groups -OCH3 is 1. The largest absolute Gasteiger partial charge is 0.495 e. The Balaban J connectivity index is 1.52. The SMILES string of the molecule is COc1ccc(S(=O)(=O)N2CCCC(C(=O)Nc3cccc4ccccc34)C2)cc1Cl. The van der Waals surface area contributed by atoms with Crippen LogP contribution in [0.1, 0.15) is 12.8 Å². The van der Waals surface area contributed by atoms with Crippen molar-refractivity contribution < 1.29 is 17.9 Å². The number of hydrogen-bond donors (Lipinski definition) is 1. The molecule has 0 aliphatic carbocycles. The van der Waals surface area contributed by atoms with Gasteiger partial charge in [0.05, 0.1) is 22.9 Å². The number of anilines is 1. The van der Waals surface area contributed by atoms with Gasteiger partial charge in [-0.15, -0.1) is 0 Å². The molecular weight excluding hydrogens is 436 g/mol. The minimum absolute atomic E-state index is 0.0911. The van der Waals surface area contributed by atoms with Gasteiger partial charge in [0, 0.05) is 24.2 Å². The van der Waals surface area contributed by atoms with E-state index in [1.165, 1.54) is 29.6 Å². The molecule has 3 aromatic rings. The van der Waals surface area contributed by atoms with Crippen molar-refractivity contribution in [1.29, 1.82) is 0 Å². The smallest absolute Gasteiger partial charge is 0.243 e. The Hall–Kier alpha value is -2.61. The lowest BCUT2D eigenvalue weighted by atomic mass is 9.98. The highest BCUT2D eigenvalue weighted by molar-refractivity contribution is 7.89. The maximum atomic E-state index is 13.1. The summed E-state index contributed by atoms with van der Waals surface area (Å²) < 4.78 is 32.7. The highest BCUT2D eigenvalue weighted by Gasteiger charge is 2.33. The van der Waals surface area contributed by atoms with Crippen molar-refractivity contribution in [2.24, 2.45) is 5.92 Å². The lowest BCUT2D eigenvalue weighted by Crippen LogP contribution is -2.43.